The zero-order valence-corrected chi connectivity index (χ0v) is 12.8. The van der Waals surface area contributed by atoms with Crippen LogP contribution >= 0.6 is 0 Å². The van der Waals surface area contributed by atoms with E-state index in [9.17, 15) is 8.42 Å². The quantitative estimate of drug-likeness (QED) is 0.772. The molecule has 5 heteroatoms. The van der Waals surface area contributed by atoms with Gasteiger partial charge in [0.15, 0.2) is 0 Å². The van der Waals surface area contributed by atoms with E-state index in [4.69, 9.17) is 0 Å². The lowest BCUT2D eigenvalue weighted by Gasteiger charge is -2.31. The summed E-state index contributed by atoms with van der Waals surface area (Å²) in [6.45, 7) is 3.64. The van der Waals surface area contributed by atoms with Crippen LogP contribution in [-0.2, 0) is 10.0 Å². The summed E-state index contributed by atoms with van der Waals surface area (Å²) in [7, 11) is -0.974. The van der Waals surface area contributed by atoms with E-state index in [1.165, 1.54) is 25.5 Å². The molecular weight excluding hydrogens is 248 g/mol. The third kappa shape index (κ3) is 5.24. The maximum Gasteiger partial charge on any atom is 0.211 e. The van der Waals surface area contributed by atoms with Gasteiger partial charge in [0.1, 0.15) is 0 Å². The van der Waals surface area contributed by atoms with Gasteiger partial charge in [-0.3, -0.25) is 0 Å². The van der Waals surface area contributed by atoms with Gasteiger partial charge in [0.25, 0.3) is 0 Å². The van der Waals surface area contributed by atoms with Gasteiger partial charge in [-0.2, -0.15) is 0 Å². The van der Waals surface area contributed by atoms with Gasteiger partial charge in [-0.05, 0) is 45.1 Å². The monoisotopic (exact) mass is 276 g/mol. The topological polar surface area (TPSA) is 49.4 Å². The van der Waals surface area contributed by atoms with Crippen LogP contribution in [0.1, 0.15) is 45.4 Å². The highest BCUT2D eigenvalue weighted by Crippen LogP contribution is 2.23. The second-order valence-electron chi connectivity index (χ2n) is 5.45. The van der Waals surface area contributed by atoms with E-state index in [1.54, 1.807) is 4.31 Å². The molecule has 0 spiro atoms. The van der Waals surface area contributed by atoms with Crippen LogP contribution in [0, 0.1) is 5.92 Å². The first-order valence-corrected chi connectivity index (χ1v) is 8.94. The zero-order chi connectivity index (χ0) is 13.6. The number of nitrogens with zero attached hydrogens (tertiary/aromatic N) is 1. The number of sulfonamides is 1. The molecule has 2 unspecified atom stereocenters. The second kappa shape index (κ2) is 7.46. The smallest absolute Gasteiger partial charge is 0.211 e. The normalized spacial score (nSPS) is 24.1. The third-order valence-electron chi connectivity index (χ3n) is 4.02. The maximum atomic E-state index is 11.5. The van der Waals surface area contributed by atoms with Crippen molar-refractivity contribution in [3.05, 3.63) is 0 Å². The van der Waals surface area contributed by atoms with Crippen molar-refractivity contribution in [1.29, 1.82) is 0 Å². The molecule has 0 aliphatic carbocycles. The van der Waals surface area contributed by atoms with Gasteiger partial charge in [0.2, 0.25) is 10.0 Å². The van der Waals surface area contributed by atoms with E-state index in [0.29, 0.717) is 18.5 Å². The second-order valence-corrected chi connectivity index (χ2v) is 7.44. The number of rotatable bonds is 7. The lowest BCUT2D eigenvalue weighted by atomic mass is 9.92. The maximum absolute atomic E-state index is 11.5. The minimum absolute atomic E-state index is 0.558. The summed E-state index contributed by atoms with van der Waals surface area (Å²) in [5.74, 6) is 0.558. The van der Waals surface area contributed by atoms with E-state index < -0.39 is 10.0 Å². The minimum Gasteiger partial charge on any atom is -0.317 e. The standard InChI is InChI=1S/C13H28N2O2S/c1-4-13(14-2)9-5-7-12-8-6-10-15(11-12)18(3,16)17/h12-14H,4-11H2,1-3H3. The molecule has 0 bridgehead atoms. The Hall–Kier alpha value is -0.130. The van der Waals surface area contributed by atoms with Crippen molar-refractivity contribution < 1.29 is 8.42 Å². The summed E-state index contributed by atoms with van der Waals surface area (Å²) in [5, 5.41) is 3.32. The van der Waals surface area contributed by atoms with E-state index in [2.05, 4.69) is 12.2 Å². The van der Waals surface area contributed by atoms with Crippen molar-refractivity contribution >= 4 is 10.0 Å². The molecule has 2 atom stereocenters. The summed E-state index contributed by atoms with van der Waals surface area (Å²) >= 11 is 0. The van der Waals surface area contributed by atoms with Crippen molar-refractivity contribution in [3.63, 3.8) is 0 Å². The van der Waals surface area contributed by atoms with Crippen LogP contribution in [0.4, 0.5) is 0 Å². The molecule has 108 valence electrons. The van der Waals surface area contributed by atoms with E-state index in [-0.39, 0.29) is 0 Å². The Morgan fingerprint density at radius 1 is 1.44 bits per heavy atom. The summed E-state index contributed by atoms with van der Waals surface area (Å²) in [6.07, 6.45) is 8.23. The van der Waals surface area contributed by atoms with Crippen LogP contribution < -0.4 is 5.32 Å². The molecule has 1 saturated heterocycles. The van der Waals surface area contributed by atoms with Crippen LogP contribution in [0.5, 0.6) is 0 Å². The van der Waals surface area contributed by atoms with Crippen LogP contribution in [-0.4, -0.2) is 45.2 Å². The summed E-state index contributed by atoms with van der Waals surface area (Å²) in [6, 6.07) is 0.611. The highest BCUT2D eigenvalue weighted by atomic mass is 32.2. The fourth-order valence-electron chi connectivity index (χ4n) is 2.77. The van der Waals surface area contributed by atoms with E-state index in [0.717, 1.165) is 25.8 Å². The highest BCUT2D eigenvalue weighted by molar-refractivity contribution is 7.88. The summed E-state index contributed by atoms with van der Waals surface area (Å²) in [5.41, 5.74) is 0. The molecule has 0 saturated carbocycles. The third-order valence-corrected chi connectivity index (χ3v) is 5.29. The van der Waals surface area contributed by atoms with Gasteiger partial charge >= 0.3 is 0 Å². The molecule has 0 aromatic carbocycles. The van der Waals surface area contributed by atoms with Crippen molar-refractivity contribution in [2.45, 2.75) is 51.5 Å². The predicted octanol–water partition coefficient (Wildman–Crippen LogP) is 1.83. The molecular formula is C13H28N2O2S. The molecule has 18 heavy (non-hydrogen) atoms. The minimum atomic E-state index is -2.99. The molecule has 4 nitrogen and oxygen atoms in total. The number of piperidine rings is 1. The SMILES string of the molecule is CCC(CCCC1CCCN(S(C)(=O)=O)C1)NC. The summed E-state index contributed by atoms with van der Waals surface area (Å²) in [4.78, 5) is 0. The van der Waals surface area contributed by atoms with Crippen LogP contribution in [0.2, 0.25) is 0 Å². The molecule has 0 radical (unpaired) electrons. The van der Waals surface area contributed by atoms with Crippen molar-refractivity contribution in [2.75, 3.05) is 26.4 Å². The Kier molecular flexibility index (Phi) is 6.60. The van der Waals surface area contributed by atoms with Crippen molar-refractivity contribution in [1.82, 2.24) is 9.62 Å². The van der Waals surface area contributed by atoms with Crippen molar-refractivity contribution in [2.24, 2.45) is 5.92 Å². The molecule has 1 fully saturated rings. The van der Waals surface area contributed by atoms with Crippen LogP contribution in [0.15, 0.2) is 0 Å². The van der Waals surface area contributed by atoms with E-state index in [1.807, 2.05) is 7.05 Å². The fraction of sp³-hybridized carbons (Fsp3) is 1.00. The van der Waals surface area contributed by atoms with Gasteiger partial charge in [0.05, 0.1) is 6.26 Å². The molecule has 0 aromatic rings. The Morgan fingerprint density at radius 3 is 2.72 bits per heavy atom. The summed E-state index contributed by atoms with van der Waals surface area (Å²) < 4.78 is 24.7. The molecule has 1 heterocycles. The van der Waals surface area contributed by atoms with Crippen LogP contribution in [0.25, 0.3) is 0 Å². The zero-order valence-electron chi connectivity index (χ0n) is 12.0. The Labute approximate surface area is 112 Å². The number of nitrogens with one attached hydrogen (secondary N) is 1. The molecule has 0 amide bonds. The lowest BCUT2D eigenvalue weighted by molar-refractivity contribution is 0.250. The van der Waals surface area contributed by atoms with Gasteiger partial charge < -0.3 is 5.32 Å². The van der Waals surface area contributed by atoms with Gasteiger partial charge in [-0.15, -0.1) is 0 Å². The Balaban J connectivity index is 2.30. The highest BCUT2D eigenvalue weighted by Gasteiger charge is 2.25. The molecule has 1 aliphatic heterocycles. The fourth-order valence-corrected chi connectivity index (χ4v) is 3.71. The van der Waals surface area contributed by atoms with Gasteiger partial charge in [-0.1, -0.05) is 13.3 Å². The Bertz CT molecular complexity index is 326. The van der Waals surface area contributed by atoms with E-state index >= 15 is 0 Å². The Morgan fingerprint density at radius 2 is 2.17 bits per heavy atom. The first-order chi connectivity index (χ1) is 8.47. The number of hydrogen-bond donors (Lipinski definition) is 1. The average Bonchev–Trinajstić information content (AvgIpc) is 2.34. The predicted molar refractivity (Wildman–Crippen MR) is 76.1 cm³/mol. The van der Waals surface area contributed by atoms with Crippen molar-refractivity contribution in [3.8, 4) is 0 Å². The van der Waals surface area contributed by atoms with Gasteiger partial charge in [-0.25, -0.2) is 12.7 Å². The first-order valence-electron chi connectivity index (χ1n) is 7.09. The molecule has 1 aliphatic rings. The van der Waals surface area contributed by atoms with Crippen LogP contribution in [0.3, 0.4) is 0 Å². The van der Waals surface area contributed by atoms with Gasteiger partial charge in [0, 0.05) is 19.1 Å². The first kappa shape index (κ1) is 15.9. The lowest BCUT2D eigenvalue weighted by Crippen LogP contribution is -2.39. The average molecular weight is 276 g/mol. The largest absolute Gasteiger partial charge is 0.317 e. The molecule has 1 rings (SSSR count). The molecule has 1 N–H and O–H groups in total. The molecule has 0 aromatic heterocycles. The number of hydrogen-bond acceptors (Lipinski definition) is 3.